The predicted molar refractivity (Wildman–Crippen MR) is 150 cm³/mol. The lowest BCUT2D eigenvalue weighted by Crippen LogP contribution is -2.13. The summed E-state index contributed by atoms with van der Waals surface area (Å²) < 4.78 is 31.2. The van der Waals surface area contributed by atoms with Gasteiger partial charge >= 0.3 is 0 Å². The Labute approximate surface area is 223 Å². The molecule has 1 aliphatic carbocycles. The molecule has 0 bridgehead atoms. The van der Waals surface area contributed by atoms with Crippen molar-refractivity contribution in [3.63, 3.8) is 0 Å². The Bertz CT molecular complexity index is 1070. The highest BCUT2D eigenvalue weighted by atomic mass is 16.5. The first-order valence-electron chi connectivity index (χ1n) is 14.4. The van der Waals surface area contributed by atoms with Crippen LogP contribution in [0, 0.1) is 0 Å². The highest BCUT2D eigenvalue weighted by Gasteiger charge is 2.33. The second-order valence-electron chi connectivity index (χ2n) is 9.98. The molecule has 5 heteroatoms. The molecule has 0 unspecified atom stereocenters. The molecule has 0 radical (unpaired) electrons. The molecule has 0 atom stereocenters. The van der Waals surface area contributed by atoms with Gasteiger partial charge in [0.15, 0.2) is 23.0 Å². The third kappa shape index (κ3) is 6.37. The Kier molecular flexibility index (Phi) is 10.0. The number of rotatable bonds is 16. The molecule has 2 aliphatic rings. The van der Waals surface area contributed by atoms with Crippen molar-refractivity contribution in [2.45, 2.75) is 85.5 Å². The van der Waals surface area contributed by atoms with Gasteiger partial charge in [0.25, 0.3) is 0 Å². The van der Waals surface area contributed by atoms with E-state index in [4.69, 9.17) is 23.7 Å². The second kappa shape index (κ2) is 13.6. The summed E-state index contributed by atoms with van der Waals surface area (Å²) in [5, 5.41) is 0. The highest BCUT2D eigenvalue weighted by molar-refractivity contribution is 5.93. The fourth-order valence-corrected chi connectivity index (χ4v) is 4.77. The van der Waals surface area contributed by atoms with E-state index in [2.05, 4.69) is 45.9 Å². The summed E-state index contributed by atoms with van der Waals surface area (Å²) in [6.07, 6.45) is 9.30. The van der Waals surface area contributed by atoms with Gasteiger partial charge in [-0.1, -0.05) is 53.4 Å². The minimum absolute atomic E-state index is 0.553. The molecule has 0 aromatic heterocycles. The number of ether oxygens (including phenoxy) is 5. The molecule has 1 aliphatic heterocycles. The van der Waals surface area contributed by atoms with Gasteiger partial charge < -0.3 is 23.7 Å². The van der Waals surface area contributed by atoms with Crippen LogP contribution >= 0.6 is 0 Å². The summed E-state index contributed by atoms with van der Waals surface area (Å²) in [7, 11) is 0. The molecule has 0 fully saturated rings. The molecular formula is C32H44O5. The Balaban J connectivity index is 1.70. The van der Waals surface area contributed by atoms with Crippen LogP contribution in [0.2, 0.25) is 0 Å². The SMILES string of the molecule is CCCCOc1cc2c(cc1OCCCC)C1=C(COc3c1ccc(OCCCC)c3OCCCC)C2. The molecule has 2 aromatic carbocycles. The molecule has 0 saturated carbocycles. The van der Waals surface area contributed by atoms with E-state index in [1.807, 2.05) is 6.07 Å². The van der Waals surface area contributed by atoms with Crippen LogP contribution in [-0.4, -0.2) is 33.0 Å². The number of benzene rings is 2. The summed E-state index contributed by atoms with van der Waals surface area (Å²) >= 11 is 0. The van der Waals surface area contributed by atoms with Crippen molar-refractivity contribution in [2.75, 3.05) is 33.0 Å². The smallest absolute Gasteiger partial charge is 0.204 e. The molecule has 37 heavy (non-hydrogen) atoms. The molecule has 0 N–H and O–H groups in total. The summed E-state index contributed by atoms with van der Waals surface area (Å²) in [6, 6.07) is 8.56. The fraction of sp³-hybridized carbons (Fsp3) is 0.562. The van der Waals surface area contributed by atoms with Gasteiger partial charge in [-0.15, -0.1) is 0 Å². The number of hydrogen-bond donors (Lipinski definition) is 0. The van der Waals surface area contributed by atoms with E-state index in [0.29, 0.717) is 33.0 Å². The van der Waals surface area contributed by atoms with Crippen molar-refractivity contribution in [1.82, 2.24) is 0 Å². The van der Waals surface area contributed by atoms with E-state index in [1.54, 1.807) is 0 Å². The minimum Gasteiger partial charge on any atom is -0.490 e. The molecule has 4 rings (SSSR count). The zero-order valence-corrected chi connectivity index (χ0v) is 23.3. The summed E-state index contributed by atoms with van der Waals surface area (Å²) in [4.78, 5) is 0. The van der Waals surface area contributed by atoms with Gasteiger partial charge in [-0.25, -0.2) is 0 Å². The van der Waals surface area contributed by atoms with E-state index in [0.717, 1.165) is 92.1 Å². The maximum Gasteiger partial charge on any atom is 0.204 e. The first-order valence-corrected chi connectivity index (χ1v) is 14.4. The van der Waals surface area contributed by atoms with Crippen LogP contribution in [0.5, 0.6) is 28.7 Å². The predicted octanol–water partition coefficient (Wildman–Crippen LogP) is 8.15. The average molecular weight is 509 g/mol. The van der Waals surface area contributed by atoms with Crippen molar-refractivity contribution in [3.05, 3.63) is 46.5 Å². The lowest BCUT2D eigenvalue weighted by atomic mass is 9.94. The number of unbranched alkanes of at least 4 members (excludes halogenated alkanes) is 4. The molecule has 0 amide bonds. The summed E-state index contributed by atoms with van der Waals surface area (Å²) in [5.74, 6) is 4.00. The van der Waals surface area contributed by atoms with Gasteiger partial charge in [0.05, 0.1) is 26.4 Å². The van der Waals surface area contributed by atoms with E-state index in [1.165, 1.54) is 22.3 Å². The summed E-state index contributed by atoms with van der Waals surface area (Å²) in [5.41, 5.74) is 6.11. The molecule has 0 saturated heterocycles. The van der Waals surface area contributed by atoms with Crippen molar-refractivity contribution in [3.8, 4) is 28.7 Å². The zero-order chi connectivity index (χ0) is 26.0. The van der Waals surface area contributed by atoms with Crippen LogP contribution in [0.3, 0.4) is 0 Å². The molecule has 0 spiro atoms. The quantitative estimate of drug-likeness (QED) is 0.214. The normalized spacial score (nSPS) is 13.5. The lowest BCUT2D eigenvalue weighted by molar-refractivity contribution is 0.242. The Morgan fingerprint density at radius 2 is 1.22 bits per heavy atom. The monoisotopic (exact) mass is 508 g/mol. The maximum absolute atomic E-state index is 6.37. The van der Waals surface area contributed by atoms with Gasteiger partial charge in [0.2, 0.25) is 5.75 Å². The number of fused-ring (bicyclic) bond motifs is 4. The first kappa shape index (κ1) is 27.2. The summed E-state index contributed by atoms with van der Waals surface area (Å²) in [6.45, 7) is 12.0. The van der Waals surface area contributed by atoms with Crippen LogP contribution in [0.15, 0.2) is 29.8 Å². The van der Waals surface area contributed by atoms with Crippen molar-refractivity contribution < 1.29 is 23.7 Å². The van der Waals surface area contributed by atoms with Gasteiger partial charge in [0, 0.05) is 5.56 Å². The van der Waals surface area contributed by atoms with Crippen LogP contribution in [0.25, 0.3) is 5.57 Å². The van der Waals surface area contributed by atoms with Crippen LogP contribution in [0.1, 0.15) is 95.8 Å². The molecular weight excluding hydrogens is 464 g/mol. The molecule has 2 aromatic rings. The van der Waals surface area contributed by atoms with Crippen LogP contribution in [0.4, 0.5) is 0 Å². The third-order valence-electron chi connectivity index (χ3n) is 6.94. The van der Waals surface area contributed by atoms with Gasteiger partial charge in [0.1, 0.15) is 6.61 Å². The third-order valence-corrected chi connectivity index (χ3v) is 6.94. The Morgan fingerprint density at radius 1 is 0.649 bits per heavy atom. The Morgan fingerprint density at radius 3 is 1.84 bits per heavy atom. The standard InChI is InChI=1S/C32H44O5/c1-5-9-15-33-27-14-13-25-30-24(22-37-31(25)32(27)36-18-12-8-4)19-23-20-28(34-16-10-6-2)29(21-26(23)30)35-17-11-7-3/h13-14,20-21H,5-12,15-19,22H2,1-4H3. The van der Waals surface area contributed by atoms with Crippen LogP contribution in [-0.2, 0) is 6.42 Å². The largest absolute Gasteiger partial charge is 0.490 e. The van der Waals surface area contributed by atoms with E-state index < -0.39 is 0 Å². The van der Waals surface area contributed by atoms with E-state index >= 15 is 0 Å². The van der Waals surface area contributed by atoms with Gasteiger partial charge in [-0.3, -0.25) is 0 Å². The molecule has 5 nitrogen and oxygen atoms in total. The zero-order valence-electron chi connectivity index (χ0n) is 23.3. The van der Waals surface area contributed by atoms with Crippen molar-refractivity contribution in [1.29, 1.82) is 0 Å². The van der Waals surface area contributed by atoms with Crippen molar-refractivity contribution >= 4 is 5.57 Å². The maximum atomic E-state index is 6.37. The first-order chi connectivity index (χ1) is 18.2. The minimum atomic E-state index is 0.553. The van der Waals surface area contributed by atoms with E-state index in [-0.39, 0.29) is 0 Å². The van der Waals surface area contributed by atoms with Crippen LogP contribution < -0.4 is 23.7 Å². The second-order valence-corrected chi connectivity index (χ2v) is 9.98. The Hall–Kier alpha value is -2.82. The van der Waals surface area contributed by atoms with Crippen molar-refractivity contribution in [2.24, 2.45) is 0 Å². The lowest BCUT2D eigenvalue weighted by Gasteiger charge is -2.25. The topological polar surface area (TPSA) is 46.2 Å². The van der Waals surface area contributed by atoms with Gasteiger partial charge in [-0.05, 0) is 78.6 Å². The molecule has 1 heterocycles. The van der Waals surface area contributed by atoms with E-state index in [9.17, 15) is 0 Å². The number of hydrogen-bond acceptors (Lipinski definition) is 5. The fourth-order valence-electron chi connectivity index (χ4n) is 4.77. The molecule has 202 valence electrons. The highest BCUT2D eigenvalue weighted by Crippen LogP contribution is 2.52. The average Bonchev–Trinajstić information content (AvgIpc) is 3.27. The van der Waals surface area contributed by atoms with Gasteiger partial charge in [-0.2, -0.15) is 0 Å².